The summed E-state index contributed by atoms with van der Waals surface area (Å²) in [5, 5.41) is 3.14. The number of aromatic nitrogens is 1. The van der Waals surface area contributed by atoms with Crippen LogP contribution in [-0.4, -0.2) is 67.0 Å². The molecule has 0 saturated carbocycles. The second-order valence-electron chi connectivity index (χ2n) is 11.3. The quantitative estimate of drug-likeness (QED) is 0.284. The van der Waals surface area contributed by atoms with Gasteiger partial charge in [0.05, 0.1) is 19.2 Å². The Morgan fingerprint density at radius 3 is 2.52 bits per heavy atom. The lowest BCUT2D eigenvalue weighted by Gasteiger charge is -2.28. The van der Waals surface area contributed by atoms with Crippen molar-refractivity contribution in [1.29, 1.82) is 0 Å². The van der Waals surface area contributed by atoms with Crippen LogP contribution in [0, 0.1) is 11.7 Å². The molecule has 0 bridgehead atoms. The number of nitrogens with one attached hydrogen (secondary N) is 1. The zero-order valence-electron chi connectivity index (χ0n) is 24.8. The fraction of sp³-hybridized carbons (Fsp3) is 0.324. The number of anilines is 1. The molecule has 228 valence electrons. The van der Waals surface area contributed by atoms with Gasteiger partial charge in [0.2, 0.25) is 0 Å². The maximum absolute atomic E-state index is 15.2. The number of fused-ring (bicyclic) bond motifs is 2. The Morgan fingerprint density at radius 1 is 0.955 bits per heavy atom. The summed E-state index contributed by atoms with van der Waals surface area (Å²) in [6.45, 7) is 3.52. The van der Waals surface area contributed by atoms with E-state index in [-0.39, 0.29) is 11.4 Å². The molecule has 1 fully saturated rings. The molecule has 9 nitrogen and oxygen atoms in total. The smallest absolute Gasteiger partial charge is 0.313 e. The van der Waals surface area contributed by atoms with Crippen molar-refractivity contribution in [3.05, 3.63) is 83.8 Å². The highest BCUT2D eigenvalue weighted by Crippen LogP contribution is 2.38. The van der Waals surface area contributed by atoms with Crippen LogP contribution in [0.25, 0.3) is 10.9 Å². The van der Waals surface area contributed by atoms with Crippen LogP contribution < -0.4 is 19.5 Å². The van der Waals surface area contributed by atoms with E-state index in [1.807, 2.05) is 30.3 Å². The van der Waals surface area contributed by atoms with Crippen LogP contribution >= 0.6 is 0 Å². The van der Waals surface area contributed by atoms with E-state index in [2.05, 4.69) is 22.2 Å². The second kappa shape index (κ2) is 12.9. The molecule has 1 N–H and O–H groups in total. The number of pyridine rings is 1. The van der Waals surface area contributed by atoms with Gasteiger partial charge in [0.15, 0.2) is 23.1 Å². The first kappa shape index (κ1) is 29.4. The number of carbonyl (C=O) groups is 2. The third-order valence-electron chi connectivity index (χ3n) is 8.32. The number of methoxy groups -OCH3 is 1. The van der Waals surface area contributed by atoms with Crippen LogP contribution in [0.3, 0.4) is 0 Å². The molecule has 44 heavy (non-hydrogen) atoms. The van der Waals surface area contributed by atoms with E-state index in [1.165, 1.54) is 22.6 Å². The first-order chi connectivity index (χ1) is 21.4. The van der Waals surface area contributed by atoms with Gasteiger partial charge in [0.25, 0.3) is 0 Å². The molecular formula is C34H35FN4O5. The average Bonchev–Trinajstić information content (AvgIpc) is 3.04. The summed E-state index contributed by atoms with van der Waals surface area (Å²) in [7, 11) is 3.70. The van der Waals surface area contributed by atoms with Gasteiger partial charge in [-0.05, 0) is 80.7 Å². The third-order valence-corrected chi connectivity index (χ3v) is 8.32. The van der Waals surface area contributed by atoms with Gasteiger partial charge in [-0.25, -0.2) is 4.39 Å². The number of rotatable bonds is 7. The molecule has 1 aromatic heterocycles. The highest BCUT2D eigenvalue weighted by atomic mass is 19.1. The van der Waals surface area contributed by atoms with Crippen molar-refractivity contribution in [2.24, 2.45) is 5.92 Å². The van der Waals surface area contributed by atoms with Gasteiger partial charge >= 0.3 is 11.8 Å². The summed E-state index contributed by atoms with van der Waals surface area (Å²) >= 11 is 0. The van der Waals surface area contributed by atoms with E-state index < -0.39 is 17.6 Å². The van der Waals surface area contributed by atoms with Gasteiger partial charge < -0.3 is 29.3 Å². The first-order valence-corrected chi connectivity index (χ1v) is 14.8. The van der Waals surface area contributed by atoms with Crippen molar-refractivity contribution >= 4 is 28.4 Å². The van der Waals surface area contributed by atoms with Crippen molar-refractivity contribution in [2.45, 2.75) is 25.8 Å². The van der Waals surface area contributed by atoms with Crippen LogP contribution in [0.4, 0.5) is 10.1 Å². The molecule has 3 heterocycles. The number of likely N-dealkylation sites (tertiary alicyclic amines) is 1. The molecule has 6 rings (SSSR count). The Kier molecular flexibility index (Phi) is 8.60. The molecule has 2 amide bonds. The van der Waals surface area contributed by atoms with Gasteiger partial charge in [0.1, 0.15) is 5.75 Å². The zero-order valence-corrected chi connectivity index (χ0v) is 24.8. The predicted octanol–water partition coefficient (Wildman–Crippen LogP) is 5.42. The minimum Gasteiger partial charge on any atom is -0.493 e. The van der Waals surface area contributed by atoms with Gasteiger partial charge in [0, 0.05) is 42.5 Å². The number of hydrogen-bond donors (Lipinski definition) is 1. The van der Waals surface area contributed by atoms with Crippen LogP contribution in [-0.2, 0) is 22.6 Å². The second-order valence-corrected chi connectivity index (χ2v) is 11.3. The van der Waals surface area contributed by atoms with Crippen LogP contribution in [0.5, 0.6) is 23.0 Å². The number of carbonyl (C=O) groups excluding carboxylic acids is 2. The molecule has 0 unspecified atom stereocenters. The molecule has 2 aliphatic rings. The Morgan fingerprint density at radius 2 is 1.75 bits per heavy atom. The van der Waals surface area contributed by atoms with E-state index in [9.17, 15) is 9.59 Å². The fourth-order valence-electron chi connectivity index (χ4n) is 5.70. The number of nitrogens with zero attached hydrogens (tertiary/aromatic N) is 3. The van der Waals surface area contributed by atoms with Crippen molar-refractivity contribution in [1.82, 2.24) is 14.8 Å². The third kappa shape index (κ3) is 6.45. The van der Waals surface area contributed by atoms with Crippen LogP contribution in [0.2, 0.25) is 0 Å². The maximum atomic E-state index is 15.2. The van der Waals surface area contributed by atoms with Crippen molar-refractivity contribution in [3.8, 4) is 23.0 Å². The maximum Gasteiger partial charge on any atom is 0.313 e. The van der Waals surface area contributed by atoms with Gasteiger partial charge in [-0.15, -0.1) is 0 Å². The number of ether oxygens (including phenoxy) is 3. The SMILES string of the molecule is COc1cc2c(Oc3ccc(NC(=O)C(=O)N4CCc5ccccc5C4)cc3F)ccnc2cc1OCC1CCN(C)CC1. The largest absolute Gasteiger partial charge is 0.493 e. The zero-order chi connectivity index (χ0) is 30.6. The van der Waals surface area contributed by atoms with E-state index in [4.69, 9.17) is 14.2 Å². The molecule has 0 atom stereocenters. The van der Waals surface area contributed by atoms with E-state index >= 15 is 4.39 Å². The number of halogens is 1. The number of amides is 2. The monoisotopic (exact) mass is 598 g/mol. The average molecular weight is 599 g/mol. The summed E-state index contributed by atoms with van der Waals surface area (Å²) in [6, 6.07) is 17.1. The Balaban J connectivity index is 1.13. The van der Waals surface area contributed by atoms with Gasteiger partial charge in [-0.1, -0.05) is 24.3 Å². The predicted molar refractivity (Wildman–Crippen MR) is 165 cm³/mol. The minimum absolute atomic E-state index is 0.0453. The number of benzene rings is 3. The van der Waals surface area contributed by atoms with Crippen molar-refractivity contribution in [3.63, 3.8) is 0 Å². The summed E-state index contributed by atoms with van der Waals surface area (Å²) in [6.07, 6.45) is 4.43. The lowest BCUT2D eigenvalue weighted by Crippen LogP contribution is -2.42. The lowest BCUT2D eigenvalue weighted by molar-refractivity contribution is -0.143. The molecule has 0 spiro atoms. The van der Waals surface area contributed by atoms with E-state index in [1.54, 1.807) is 25.4 Å². The molecule has 0 radical (unpaired) electrons. The fourth-order valence-corrected chi connectivity index (χ4v) is 5.70. The van der Waals surface area contributed by atoms with Gasteiger partial charge in [-0.2, -0.15) is 0 Å². The Bertz CT molecular complexity index is 1690. The van der Waals surface area contributed by atoms with Gasteiger partial charge in [-0.3, -0.25) is 14.6 Å². The molecule has 10 heteroatoms. The Hall–Kier alpha value is -4.70. The summed E-state index contributed by atoms with van der Waals surface area (Å²) in [4.78, 5) is 33.8. The molecule has 0 aliphatic carbocycles. The highest BCUT2D eigenvalue weighted by Gasteiger charge is 2.26. The molecule has 2 aliphatic heterocycles. The lowest BCUT2D eigenvalue weighted by atomic mass is 9.98. The van der Waals surface area contributed by atoms with E-state index in [0.717, 1.165) is 37.6 Å². The molecule has 4 aromatic rings. The normalized spacial score (nSPS) is 15.5. The minimum atomic E-state index is -0.821. The topological polar surface area (TPSA) is 93.2 Å². The van der Waals surface area contributed by atoms with E-state index in [0.29, 0.717) is 60.2 Å². The number of piperidine rings is 1. The molecule has 3 aromatic carbocycles. The van der Waals surface area contributed by atoms with Crippen LogP contribution in [0.15, 0.2) is 66.9 Å². The summed E-state index contributed by atoms with van der Waals surface area (Å²) in [5.74, 6) is -0.238. The Labute approximate surface area is 255 Å². The molecular weight excluding hydrogens is 563 g/mol. The standard InChI is InChI=1S/C34H35FN4O5/c1-38-14-10-22(11-15-38)21-43-32-19-28-26(18-31(32)42-2)29(9-13-36-28)44-30-8-7-25(17-27(30)35)37-33(40)34(41)39-16-12-23-5-3-4-6-24(23)20-39/h3-9,13,17-19,22H,10-12,14-16,20-21H2,1-2H3,(H,37,40). The van der Waals surface area contributed by atoms with Crippen molar-refractivity contribution in [2.75, 3.05) is 45.7 Å². The summed E-state index contributed by atoms with van der Waals surface area (Å²) in [5.41, 5.74) is 2.96. The number of hydrogen-bond acceptors (Lipinski definition) is 7. The molecule has 1 saturated heterocycles. The first-order valence-electron chi connectivity index (χ1n) is 14.8. The highest BCUT2D eigenvalue weighted by molar-refractivity contribution is 6.39. The van der Waals surface area contributed by atoms with Crippen molar-refractivity contribution < 1.29 is 28.2 Å². The van der Waals surface area contributed by atoms with Crippen LogP contribution in [0.1, 0.15) is 24.0 Å². The summed E-state index contributed by atoms with van der Waals surface area (Å²) < 4.78 is 32.9.